The second kappa shape index (κ2) is 6.44. The molecule has 0 spiro atoms. The molecular formula is C16H29N3. The lowest BCUT2D eigenvalue weighted by Gasteiger charge is -2.26. The molecule has 1 aliphatic rings. The van der Waals surface area contributed by atoms with Gasteiger partial charge in [0.05, 0.1) is 5.69 Å². The second-order valence-electron chi connectivity index (χ2n) is 6.76. The molecule has 0 amide bonds. The molecule has 2 rings (SSSR count). The summed E-state index contributed by atoms with van der Waals surface area (Å²) in [5, 5.41) is 3.48. The van der Waals surface area contributed by atoms with Crippen molar-refractivity contribution in [2.75, 3.05) is 11.9 Å². The zero-order chi connectivity index (χ0) is 13.8. The molecule has 1 aromatic heterocycles. The van der Waals surface area contributed by atoms with E-state index in [1.165, 1.54) is 25.7 Å². The summed E-state index contributed by atoms with van der Waals surface area (Å²) in [7, 11) is 0. The van der Waals surface area contributed by atoms with E-state index in [4.69, 9.17) is 0 Å². The van der Waals surface area contributed by atoms with Crippen molar-refractivity contribution in [3.63, 3.8) is 0 Å². The van der Waals surface area contributed by atoms with Crippen LogP contribution in [0.25, 0.3) is 0 Å². The Morgan fingerprint density at radius 1 is 1.32 bits per heavy atom. The Morgan fingerprint density at radius 2 is 2.00 bits per heavy atom. The Morgan fingerprint density at radius 3 is 2.63 bits per heavy atom. The van der Waals surface area contributed by atoms with E-state index < -0.39 is 0 Å². The Bertz CT molecular complexity index is 387. The first-order valence-electron chi connectivity index (χ1n) is 7.82. The number of nitrogens with one attached hydrogen (secondary N) is 1. The predicted octanol–water partition coefficient (Wildman–Crippen LogP) is 4.09. The number of anilines is 1. The van der Waals surface area contributed by atoms with Crippen LogP contribution >= 0.6 is 0 Å². The monoisotopic (exact) mass is 263 g/mol. The standard InChI is InChI=1S/C16H29N3/c1-12(2)9-17-16-18-14(4)10-19(16)11-15-7-5-13(3)6-8-15/h10,12-13,15H,5-9,11H2,1-4H3,(H,17,18). The zero-order valence-corrected chi connectivity index (χ0v) is 12.9. The highest BCUT2D eigenvalue weighted by Crippen LogP contribution is 2.30. The summed E-state index contributed by atoms with van der Waals surface area (Å²) in [6, 6.07) is 0. The minimum Gasteiger partial charge on any atom is -0.355 e. The molecule has 0 radical (unpaired) electrons. The third-order valence-corrected chi connectivity index (χ3v) is 4.16. The molecule has 3 heteroatoms. The van der Waals surface area contributed by atoms with Crippen molar-refractivity contribution >= 4 is 5.95 Å². The second-order valence-corrected chi connectivity index (χ2v) is 6.76. The van der Waals surface area contributed by atoms with Crippen molar-refractivity contribution in [3.05, 3.63) is 11.9 Å². The number of aromatic nitrogens is 2. The summed E-state index contributed by atoms with van der Waals surface area (Å²) in [4.78, 5) is 4.61. The van der Waals surface area contributed by atoms with Gasteiger partial charge in [0.15, 0.2) is 0 Å². The zero-order valence-electron chi connectivity index (χ0n) is 12.9. The van der Waals surface area contributed by atoms with Crippen molar-refractivity contribution in [2.45, 2.75) is 59.9 Å². The van der Waals surface area contributed by atoms with Crippen molar-refractivity contribution in [2.24, 2.45) is 17.8 Å². The maximum Gasteiger partial charge on any atom is 0.203 e. The highest BCUT2D eigenvalue weighted by molar-refractivity contribution is 5.28. The first-order valence-corrected chi connectivity index (χ1v) is 7.82. The van der Waals surface area contributed by atoms with Gasteiger partial charge in [0, 0.05) is 19.3 Å². The molecule has 1 fully saturated rings. The van der Waals surface area contributed by atoms with Gasteiger partial charge < -0.3 is 9.88 Å². The van der Waals surface area contributed by atoms with Gasteiger partial charge in [-0.15, -0.1) is 0 Å². The Balaban J connectivity index is 1.95. The SMILES string of the molecule is Cc1cn(CC2CCC(C)CC2)c(NCC(C)C)n1. The number of aryl methyl sites for hydroxylation is 1. The van der Waals surface area contributed by atoms with Crippen LogP contribution < -0.4 is 5.32 Å². The molecule has 3 nitrogen and oxygen atoms in total. The highest BCUT2D eigenvalue weighted by Gasteiger charge is 2.19. The first-order chi connectivity index (χ1) is 9.04. The summed E-state index contributed by atoms with van der Waals surface area (Å²) in [6.07, 6.45) is 7.74. The van der Waals surface area contributed by atoms with E-state index in [1.54, 1.807) is 0 Å². The van der Waals surface area contributed by atoms with Gasteiger partial charge >= 0.3 is 0 Å². The van der Waals surface area contributed by atoms with Gasteiger partial charge in [-0.1, -0.05) is 33.6 Å². The van der Waals surface area contributed by atoms with Crippen LogP contribution in [0.1, 0.15) is 52.1 Å². The quantitative estimate of drug-likeness (QED) is 0.867. The maximum atomic E-state index is 4.61. The number of hydrogen-bond acceptors (Lipinski definition) is 2. The molecule has 108 valence electrons. The topological polar surface area (TPSA) is 29.9 Å². The summed E-state index contributed by atoms with van der Waals surface area (Å²) in [6.45, 7) is 11.1. The van der Waals surface area contributed by atoms with Gasteiger partial charge in [0.2, 0.25) is 5.95 Å². The Hall–Kier alpha value is -0.990. The first kappa shape index (κ1) is 14.4. The molecule has 0 unspecified atom stereocenters. The van der Waals surface area contributed by atoms with Crippen LogP contribution in [0.3, 0.4) is 0 Å². The molecule has 1 saturated carbocycles. The van der Waals surface area contributed by atoms with Crippen molar-refractivity contribution in [3.8, 4) is 0 Å². The van der Waals surface area contributed by atoms with Crippen LogP contribution in [-0.4, -0.2) is 16.1 Å². The van der Waals surface area contributed by atoms with Crippen molar-refractivity contribution in [1.82, 2.24) is 9.55 Å². The summed E-state index contributed by atoms with van der Waals surface area (Å²) in [5.41, 5.74) is 1.12. The van der Waals surface area contributed by atoms with E-state index in [0.717, 1.165) is 36.6 Å². The normalized spacial score (nSPS) is 23.8. The van der Waals surface area contributed by atoms with Crippen molar-refractivity contribution in [1.29, 1.82) is 0 Å². The number of imidazole rings is 1. The number of hydrogen-bond donors (Lipinski definition) is 1. The Kier molecular flexibility index (Phi) is 4.89. The van der Waals surface area contributed by atoms with Gasteiger partial charge in [0.25, 0.3) is 0 Å². The van der Waals surface area contributed by atoms with Crippen molar-refractivity contribution < 1.29 is 0 Å². The lowest BCUT2D eigenvalue weighted by atomic mass is 9.83. The van der Waals surface area contributed by atoms with E-state index in [1.807, 2.05) is 0 Å². The van der Waals surface area contributed by atoms with Gasteiger partial charge in [-0.2, -0.15) is 0 Å². The number of rotatable bonds is 5. The van der Waals surface area contributed by atoms with Crippen LogP contribution in [0, 0.1) is 24.7 Å². The highest BCUT2D eigenvalue weighted by atomic mass is 15.2. The molecule has 19 heavy (non-hydrogen) atoms. The lowest BCUT2D eigenvalue weighted by molar-refractivity contribution is 0.265. The fourth-order valence-electron chi connectivity index (χ4n) is 2.91. The molecule has 1 heterocycles. The van der Waals surface area contributed by atoms with E-state index in [9.17, 15) is 0 Å². The predicted molar refractivity (Wildman–Crippen MR) is 81.4 cm³/mol. The van der Waals surface area contributed by atoms with Gasteiger partial charge in [-0.05, 0) is 37.5 Å². The maximum absolute atomic E-state index is 4.61. The van der Waals surface area contributed by atoms with Crippen LogP contribution in [0.5, 0.6) is 0 Å². The molecule has 0 aromatic carbocycles. The molecule has 0 bridgehead atoms. The molecule has 0 aliphatic heterocycles. The number of nitrogens with zero attached hydrogens (tertiary/aromatic N) is 2. The fraction of sp³-hybridized carbons (Fsp3) is 0.812. The fourth-order valence-corrected chi connectivity index (χ4v) is 2.91. The molecule has 1 aliphatic carbocycles. The van der Waals surface area contributed by atoms with Gasteiger partial charge in [-0.25, -0.2) is 4.98 Å². The van der Waals surface area contributed by atoms with E-state index in [0.29, 0.717) is 5.92 Å². The van der Waals surface area contributed by atoms with Gasteiger partial charge in [0.1, 0.15) is 0 Å². The molecule has 0 saturated heterocycles. The van der Waals surface area contributed by atoms with Crippen LogP contribution in [0.15, 0.2) is 6.20 Å². The van der Waals surface area contributed by atoms with Crippen LogP contribution in [-0.2, 0) is 6.54 Å². The molecule has 0 atom stereocenters. The van der Waals surface area contributed by atoms with Gasteiger partial charge in [-0.3, -0.25) is 0 Å². The van der Waals surface area contributed by atoms with Crippen LogP contribution in [0.4, 0.5) is 5.95 Å². The summed E-state index contributed by atoms with van der Waals surface area (Å²) >= 11 is 0. The average molecular weight is 263 g/mol. The minimum absolute atomic E-state index is 0.654. The third kappa shape index (κ3) is 4.26. The molecule has 1 aromatic rings. The molecule has 1 N–H and O–H groups in total. The largest absolute Gasteiger partial charge is 0.355 e. The lowest BCUT2D eigenvalue weighted by Crippen LogP contribution is -2.19. The van der Waals surface area contributed by atoms with Crippen LogP contribution in [0.2, 0.25) is 0 Å². The summed E-state index contributed by atoms with van der Waals surface area (Å²) < 4.78 is 2.33. The summed E-state index contributed by atoms with van der Waals surface area (Å²) in [5.74, 6) is 3.48. The van der Waals surface area contributed by atoms with E-state index >= 15 is 0 Å². The molecular weight excluding hydrogens is 234 g/mol. The van der Waals surface area contributed by atoms with E-state index in [-0.39, 0.29) is 0 Å². The Labute approximate surface area is 117 Å². The minimum atomic E-state index is 0.654. The van der Waals surface area contributed by atoms with E-state index in [2.05, 4.69) is 48.8 Å². The third-order valence-electron chi connectivity index (χ3n) is 4.16. The smallest absolute Gasteiger partial charge is 0.203 e. The average Bonchev–Trinajstić information content (AvgIpc) is 2.70.